The summed E-state index contributed by atoms with van der Waals surface area (Å²) in [5.41, 5.74) is 7.93. The molecule has 0 radical (unpaired) electrons. The second-order valence-corrected chi connectivity index (χ2v) is 4.96. The van der Waals surface area contributed by atoms with Crippen LogP contribution in [0.15, 0.2) is 18.2 Å². The predicted octanol–water partition coefficient (Wildman–Crippen LogP) is 2.34. The van der Waals surface area contributed by atoms with Gasteiger partial charge in [-0.2, -0.15) is 0 Å². The van der Waals surface area contributed by atoms with Crippen LogP contribution in [0.3, 0.4) is 0 Å². The minimum Gasteiger partial charge on any atom is -0.478 e. The molecule has 4 heteroatoms. The van der Waals surface area contributed by atoms with Gasteiger partial charge in [0.1, 0.15) is 0 Å². The summed E-state index contributed by atoms with van der Waals surface area (Å²) in [6.07, 6.45) is 0. The van der Waals surface area contributed by atoms with Gasteiger partial charge in [0, 0.05) is 12.2 Å². The highest BCUT2D eigenvalue weighted by Crippen LogP contribution is 2.18. The van der Waals surface area contributed by atoms with E-state index in [1.165, 1.54) is 0 Å². The van der Waals surface area contributed by atoms with Crippen molar-refractivity contribution in [2.24, 2.45) is 17.6 Å². The van der Waals surface area contributed by atoms with Gasteiger partial charge in [-0.05, 0) is 43.0 Å². The van der Waals surface area contributed by atoms with E-state index in [2.05, 4.69) is 19.2 Å². The second-order valence-electron chi connectivity index (χ2n) is 4.96. The van der Waals surface area contributed by atoms with E-state index >= 15 is 0 Å². The summed E-state index contributed by atoms with van der Waals surface area (Å²) >= 11 is 0. The van der Waals surface area contributed by atoms with Crippen LogP contribution in [0.1, 0.15) is 29.8 Å². The zero-order valence-electron chi connectivity index (χ0n) is 11.2. The number of rotatable bonds is 6. The van der Waals surface area contributed by atoms with E-state index < -0.39 is 5.97 Å². The highest BCUT2D eigenvalue weighted by molar-refractivity contribution is 5.89. The summed E-state index contributed by atoms with van der Waals surface area (Å²) in [6.45, 7) is 7.63. The molecule has 1 atom stereocenters. The molecule has 0 spiro atoms. The Morgan fingerprint density at radius 1 is 1.44 bits per heavy atom. The van der Waals surface area contributed by atoms with Crippen molar-refractivity contribution >= 4 is 11.7 Å². The Hall–Kier alpha value is -1.55. The van der Waals surface area contributed by atoms with Gasteiger partial charge in [-0.15, -0.1) is 0 Å². The number of nitrogens with two attached hydrogens (primary N) is 1. The number of nitrogens with one attached hydrogen (secondary N) is 1. The summed E-state index contributed by atoms with van der Waals surface area (Å²) < 4.78 is 0. The molecule has 1 rings (SSSR count). The molecule has 0 saturated carbocycles. The van der Waals surface area contributed by atoms with Gasteiger partial charge in [0.15, 0.2) is 0 Å². The van der Waals surface area contributed by atoms with Crippen molar-refractivity contribution < 1.29 is 9.90 Å². The number of aryl methyl sites for hydroxylation is 1. The lowest BCUT2D eigenvalue weighted by atomic mass is 9.96. The Labute approximate surface area is 108 Å². The third-order valence-corrected chi connectivity index (χ3v) is 3.28. The van der Waals surface area contributed by atoms with Gasteiger partial charge < -0.3 is 16.2 Å². The molecule has 0 aliphatic heterocycles. The zero-order valence-corrected chi connectivity index (χ0v) is 11.2. The fourth-order valence-electron chi connectivity index (χ4n) is 1.78. The molecule has 1 aromatic rings. The molecule has 0 amide bonds. The Bertz CT molecular complexity index is 416. The average Bonchev–Trinajstić information content (AvgIpc) is 2.31. The van der Waals surface area contributed by atoms with Gasteiger partial charge in [-0.25, -0.2) is 4.79 Å². The van der Waals surface area contributed by atoms with Crippen molar-refractivity contribution in [3.8, 4) is 0 Å². The standard InChI is InChI=1S/C14H22N2O2/c1-9(2)12(7-15)8-16-13-6-11(14(17)18)5-4-10(13)3/h4-6,9,12,16H,7-8,15H2,1-3H3,(H,17,18). The number of benzene rings is 1. The number of carboxylic acids is 1. The van der Waals surface area contributed by atoms with Gasteiger partial charge in [0.2, 0.25) is 0 Å². The van der Waals surface area contributed by atoms with Crippen LogP contribution in [0.25, 0.3) is 0 Å². The maximum absolute atomic E-state index is 10.9. The van der Waals surface area contributed by atoms with Crippen LogP contribution in [0.4, 0.5) is 5.69 Å². The first kappa shape index (κ1) is 14.5. The maximum Gasteiger partial charge on any atom is 0.335 e. The second kappa shape index (κ2) is 6.40. The van der Waals surface area contributed by atoms with Gasteiger partial charge in [-0.1, -0.05) is 19.9 Å². The van der Waals surface area contributed by atoms with E-state index in [0.717, 1.165) is 17.8 Å². The van der Waals surface area contributed by atoms with Gasteiger partial charge in [0.25, 0.3) is 0 Å². The topological polar surface area (TPSA) is 75.3 Å². The van der Waals surface area contributed by atoms with Crippen molar-refractivity contribution in [2.75, 3.05) is 18.4 Å². The number of carbonyl (C=O) groups is 1. The summed E-state index contributed by atoms with van der Waals surface area (Å²) in [5.74, 6) is -0.0133. The smallest absolute Gasteiger partial charge is 0.335 e. The predicted molar refractivity (Wildman–Crippen MR) is 74.0 cm³/mol. The number of carboxylic acid groups (broad SMARTS) is 1. The van der Waals surface area contributed by atoms with Crippen molar-refractivity contribution in [1.29, 1.82) is 0 Å². The first-order chi connectivity index (χ1) is 8.45. The van der Waals surface area contributed by atoms with Crippen molar-refractivity contribution in [3.63, 3.8) is 0 Å². The van der Waals surface area contributed by atoms with Crippen molar-refractivity contribution in [2.45, 2.75) is 20.8 Å². The van der Waals surface area contributed by atoms with E-state index in [4.69, 9.17) is 10.8 Å². The summed E-state index contributed by atoms with van der Waals surface area (Å²) in [6, 6.07) is 5.11. The lowest BCUT2D eigenvalue weighted by Crippen LogP contribution is -2.27. The fourth-order valence-corrected chi connectivity index (χ4v) is 1.78. The third-order valence-electron chi connectivity index (χ3n) is 3.28. The molecule has 4 N–H and O–H groups in total. The molecule has 0 fully saturated rings. The van der Waals surface area contributed by atoms with E-state index in [-0.39, 0.29) is 0 Å². The summed E-state index contributed by atoms with van der Waals surface area (Å²) in [5, 5.41) is 12.3. The molecular formula is C14H22N2O2. The first-order valence-corrected chi connectivity index (χ1v) is 6.23. The lowest BCUT2D eigenvalue weighted by molar-refractivity contribution is 0.0697. The summed E-state index contributed by atoms with van der Waals surface area (Å²) in [7, 11) is 0. The fraction of sp³-hybridized carbons (Fsp3) is 0.500. The van der Waals surface area contributed by atoms with Crippen molar-refractivity contribution in [1.82, 2.24) is 0 Å². The average molecular weight is 250 g/mol. The normalized spacial score (nSPS) is 12.5. The largest absolute Gasteiger partial charge is 0.478 e. The van der Waals surface area contributed by atoms with Gasteiger partial charge in [0.05, 0.1) is 5.56 Å². The van der Waals surface area contributed by atoms with Crippen LogP contribution >= 0.6 is 0 Å². The Morgan fingerprint density at radius 3 is 2.61 bits per heavy atom. The molecule has 4 nitrogen and oxygen atoms in total. The molecule has 0 aromatic heterocycles. The van der Waals surface area contributed by atoms with Gasteiger partial charge in [-0.3, -0.25) is 0 Å². The maximum atomic E-state index is 10.9. The SMILES string of the molecule is Cc1ccc(C(=O)O)cc1NCC(CN)C(C)C. The molecule has 100 valence electrons. The number of aromatic carboxylic acids is 1. The Balaban J connectivity index is 2.77. The molecule has 0 aliphatic rings. The first-order valence-electron chi connectivity index (χ1n) is 6.23. The summed E-state index contributed by atoms with van der Waals surface area (Å²) in [4.78, 5) is 10.9. The minimum atomic E-state index is -0.905. The van der Waals surface area contributed by atoms with E-state index in [9.17, 15) is 4.79 Å². The number of hydrogen-bond acceptors (Lipinski definition) is 3. The molecule has 0 aliphatic carbocycles. The zero-order chi connectivity index (χ0) is 13.7. The number of hydrogen-bond donors (Lipinski definition) is 3. The van der Waals surface area contributed by atoms with Crippen LogP contribution < -0.4 is 11.1 Å². The monoisotopic (exact) mass is 250 g/mol. The Morgan fingerprint density at radius 2 is 2.11 bits per heavy atom. The molecule has 0 saturated heterocycles. The van der Waals surface area contributed by atoms with E-state index in [1.54, 1.807) is 12.1 Å². The van der Waals surface area contributed by atoms with Crippen LogP contribution in [0.5, 0.6) is 0 Å². The van der Waals surface area contributed by atoms with E-state index in [0.29, 0.717) is 23.9 Å². The lowest BCUT2D eigenvalue weighted by Gasteiger charge is -2.20. The molecule has 0 heterocycles. The van der Waals surface area contributed by atoms with Crippen LogP contribution in [-0.4, -0.2) is 24.2 Å². The molecule has 0 bridgehead atoms. The van der Waals surface area contributed by atoms with Crippen molar-refractivity contribution in [3.05, 3.63) is 29.3 Å². The molecular weight excluding hydrogens is 228 g/mol. The molecule has 1 unspecified atom stereocenters. The minimum absolute atomic E-state index is 0.303. The molecule has 18 heavy (non-hydrogen) atoms. The highest BCUT2D eigenvalue weighted by Gasteiger charge is 2.12. The van der Waals surface area contributed by atoms with Crippen LogP contribution in [-0.2, 0) is 0 Å². The van der Waals surface area contributed by atoms with E-state index in [1.807, 2.05) is 13.0 Å². The number of anilines is 1. The van der Waals surface area contributed by atoms with Gasteiger partial charge >= 0.3 is 5.97 Å². The van der Waals surface area contributed by atoms with Crippen LogP contribution in [0.2, 0.25) is 0 Å². The third kappa shape index (κ3) is 3.74. The quantitative estimate of drug-likeness (QED) is 0.724. The Kier molecular flexibility index (Phi) is 5.16. The van der Waals surface area contributed by atoms with Crippen LogP contribution in [0, 0.1) is 18.8 Å². The highest BCUT2D eigenvalue weighted by atomic mass is 16.4. The molecule has 1 aromatic carbocycles.